The molecule has 0 aromatic rings. The number of nitrogens with zero attached hydrogens (tertiary/aromatic N) is 1. The van der Waals surface area contributed by atoms with Gasteiger partial charge in [0.15, 0.2) is 6.10 Å². The number of likely N-dealkylation sites (N-methyl/N-ethyl adjacent to an activating group) is 1. The minimum absolute atomic E-state index is 0.183. The molecule has 78 heavy (non-hydrogen) atoms. The molecule has 0 aromatic carbocycles. The average molecular weight is 1100 g/mol. The third-order valence-corrected chi connectivity index (χ3v) is 15.5. The van der Waals surface area contributed by atoms with Crippen LogP contribution in [0.4, 0.5) is 0 Å². The standard InChI is InChI=1S/C69H131NO8/c1-6-8-10-12-14-16-18-20-22-23-24-25-26-27-28-29-30-31-32-33-34-35-36-37-38-39-40-41-42-43-44-45-46-48-49-51-53-55-57-59-66(71)76-63-65(64-77-69(68(73)74)75-62-61-70(3,4)5)78-67(72)60-58-56-54-52-50-47-21-19-17-15-13-11-9-7-2/h13,15,19,21,65,69H,6-12,14,16-18,20,22-64H2,1-5H3/p+1/b15-13-,21-19-. The van der Waals surface area contributed by atoms with E-state index in [0.29, 0.717) is 23.9 Å². The molecule has 0 saturated carbocycles. The summed E-state index contributed by atoms with van der Waals surface area (Å²) in [6.07, 6.45) is 71.8. The van der Waals surface area contributed by atoms with Gasteiger partial charge < -0.3 is 28.5 Å². The van der Waals surface area contributed by atoms with E-state index in [4.69, 9.17) is 18.9 Å². The Kier molecular flexibility index (Phi) is 59.1. The third-order valence-electron chi connectivity index (χ3n) is 15.5. The van der Waals surface area contributed by atoms with Gasteiger partial charge in [-0.2, -0.15) is 0 Å². The molecule has 0 fully saturated rings. The second-order valence-corrected chi connectivity index (χ2v) is 24.5. The zero-order chi connectivity index (χ0) is 56.9. The molecule has 0 rings (SSSR count). The lowest BCUT2D eigenvalue weighted by atomic mass is 10.0. The smallest absolute Gasteiger partial charge is 0.361 e. The zero-order valence-electron chi connectivity index (χ0n) is 52.6. The molecule has 0 bridgehead atoms. The van der Waals surface area contributed by atoms with Crippen molar-refractivity contribution in [1.82, 2.24) is 0 Å². The number of carboxylic acids is 1. The molecule has 0 amide bonds. The van der Waals surface area contributed by atoms with Crippen LogP contribution in [0.1, 0.15) is 341 Å². The number of allylic oxidation sites excluding steroid dienone is 4. The first-order valence-electron chi connectivity index (χ1n) is 34.0. The molecule has 0 aliphatic carbocycles. The van der Waals surface area contributed by atoms with E-state index in [1.54, 1.807) is 0 Å². The maximum Gasteiger partial charge on any atom is 0.361 e. The Hall–Kier alpha value is -2.23. The lowest BCUT2D eigenvalue weighted by molar-refractivity contribution is -0.870. The summed E-state index contributed by atoms with van der Waals surface area (Å²) in [6.45, 7) is 4.87. The van der Waals surface area contributed by atoms with Gasteiger partial charge in [-0.15, -0.1) is 0 Å². The van der Waals surface area contributed by atoms with Crippen LogP contribution in [0.25, 0.3) is 0 Å². The van der Waals surface area contributed by atoms with Crippen molar-refractivity contribution in [3.63, 3.8) is 0 Å². The van der Waals surface area contributed by atoms with E-state index in [0.717, 1.165) is 64.2 Å². The van der Waals surface area contributed by atoms with Crippen molar-refractivity contribution < 1.29 is 42.9 Å². The number of esters is 2. The molecule has 9 nitrogen and oxygen atoms in total. The predicted molar refractivity (Wildman–Crippen MR) is 332 cm³/mol. The summed E-state index contributed by atoms with van der Waals surface area (Å²) in [4.78, 5) is 37.4. The Bertz CT molecular complexity index is 1330. The number of carbonyl (C=O) groups excluding carboxylic acids is 2. The minimum Gasteiger partial charge on any atom is -0.477 e. The molecule has 2 unspecified atom stereocenters. The average Bonchev–Trinajstić information content (AvgIpc) is 3.41. The molecular formula is C69H132NO8+. The van der Waals surface area contributed by atoms with Crippen LogP contribution >= 0.6 is 0 Å². The Morgan fingerprint density at radius 3 is 1.05 bits per heavy atom. The van der Waals surface area contributed by atoms with Gasteiger partial charge in [0.1, 0.15) is 13.2 Å². The first-order chi connectivity index (χ1) is 38.1. The Labute approximate surface area is 484 Å². The number of unbranched alkanes of at least 4 members (excludes halogenated alkanes) is 45. The van der Waals surface area contributed by atoms with Crippen LogP contribution < -0.4 is 0 Å². The number of hydrogen-bond acceptors (Lipinski definition) is 7. The molecule has 0 aliphatic heterocycles. The summed E-state index contributed by atoms with van der Waals surface area (Å²) in [5.74, 6) is -2.00. The number of rotatable bonds is 64. The first-order valence-corrected chi connectivity index (χ1v) is 34.0. The van der Waals surface area contributed by atoms with Gasteiger partial charge >= 0.3 is 17.9 Å². The van der Waals surface area contributed by atoms with Gasteiger partial charge in [-0.3, -0.25) is 9.59 Å². The topological polar surface area (TPSA) is 108 Å². The minimum atomic E-state index is -1.51. The fraction of sp³-hybridized carbons (Fsp3) is 0.899. The SMILES string of the molecule is CCCC/C=C\C/C=C\CCCCCCCC(=O)OC(COC(=O)CCCCCCCCCCCCCCCCCCCCCCCCCCCCCCCCCCCCCCCCC)COC(OCC[N+](C)(C)C)C(=O)O. The molecule has 0 aliphatic rings. The van der Waals surface area contributed by atoms with Crippen LogP contribution in [0, 0.1) is 0 Å². The van der Waals surface area contributed by atoms with Crippen LogP contribution in [-0.2, 0) is 33.3 Å². The van der Waals surface area contributed by atoms with Crippen molar-refractivity contribution in [3.8, 4) is 0 Å². The molecule has 0 spiro atoms. The lowest BCUT2D eigenvalue weighted by Gasteiger charge is -2.25. The first kappa shape index (κ1) is 75.8. The number of quaternary nitrogens is 1. The van der Waals surface area contributed by atoms with Crippen LogP contribution in [0.15, 0.2) is 24.3 Å². The number of hydrogen-bond donors (Lipinski definition) is 1. The van der Waals surface area contributed by atoms with Crippen molar-refractivity contribution in [2.45, 2.75) is 354 Å². The zero-order valence-corrected chi connectivity index (χ0v) is 52.6. The summed E-state index contributed by atoms with van der Waals surface area (Å²) in [5, 5.41) is 9.70. The molecule has 0 saturated heterocycles. The van der Waals surface area contributed by atoms with E-state index < -0.39 is 24.3 Å². The normalized spacial score (nSPS) is 12.8. The number of aliphatic carboxylic acids is 1. The van der Waals surface area contributed by atoms with Crippen molar-refractivity contribution in [1.29, 1.82) is 0 Å². The van der Waals surface area contributed by atoms with Crippen molar-refractivity contribution in [3.05, 3.63) is 24.3 Å². The number of carbonyl (C=O) groups is 3. The highest BCUT2D eigenvalue weighted by molar-refractivity contribution is 5.71. The van der Waals surface area contributed by atoms with Gasteiger partial charge in [-0.25, -0.2) is 4.79 Å². The monoisotopic (exact) mass is 1100 g/mol. The molecule has 0 radical (unpaired) electrons. The highest BCUT2D eigenvalue weighted by Gasteiger charge is 2.25. The summed E-state index contributed by atoms with van der Waals surface area (Å²) < 4.78 is 22.9. The Morgan fingerprint density at radius 2 is 0.705 bits per heavy atom. The second-order valence-electron chi connectivity index (χ2n) is 24.5. The summed E-state index contributed by atoms with van der Waals surface area (Å²) in [5.41, 5.74) is 0. The van der Waals surface area contributed by atoms with E-state index in [-0.39, 0.29) is 32.2 Å². The fourth-order valence-electron chi connectivity index (χ4n) is 10.2. The van der Waals surface area contributed by atoms with E-state index >= 15 is 0 Å². The van der Waals surface area contributed by atoms with E-state index in [1.165, 1.54) is 244 Å². The lowest BCUT2D eigenvalue weighted by Crippen LogP contribution is -2.40. The molecule has 1 N–H and O–H groups in total. The van der Waals surface area contributed by atoms with Gasteiger partial charge in [-0.1, -0.05) is 314 Å². The molecule has 2 atom stereocenters. The van der Waals surface area contributed by atoms with Gasteiger partial charge in [0.2, 0.25) is 0 Å². The summed E-state index contributed by atoms with van der Waals surface area (Å²) in [7, 11) is 5.97. The van der Waals surface area contributed by atoms with Crippen LogP contribution in [0.3, 0.4) is 0 Å². The highest BCUT2D eigenvalue weighted by atomic mass is 16.7. The largest absolute Gasteiger partial charge is 0.477 e. The van der Waals surface area contributed by atoms with Crippen LogP contribution in [-0.4, -0.2) is 87.4 Å². The van der Waals surface area contributed by atoms with Crippen molar-refractivity contribution >= 4 is 17.9 Å². The second kappa shape index (κ2) is 60.9. The van der Waals surface area contributed by atoms with E-state index in [1.807, 2.05) is 21.1 Å². The Balaban J connectivity index is 3.87. The van der Waals surface area contributed by atoms with Crippen LogP contribution in [0.2, 0.25) is 0 Å². The fourth-order valence-corrected chi connectivity index (χ4v) is 10.2. The quantitative estimate of drug-likeness (QED) is 0.0211. The van der Waals surface area contributed by atoms with Crippen molar-refractivity contribution in [2.75, 3.05) is 47.5 Å². The maximum absolute atomic E-state index is 12.8. The third kappa shape index (κ3) is 61.4. The van der Waals surface area contributed by atoms with Crippen molar-refractivity contribution in [2.24, 2.45) is 0 Å². The summed E-state index contributed by atoms with van der Waals surface area (Å²) in [6, 6.07) is 0. The van der Waals surface area contributed by atoms with Gasteiger partial charge in [0.05, 0.1) is 34.4 Å². The predicted octanol–water partition coefficient (Wildman–Crippen LogP) is 20.6. The molecule has 0 heterocycles. The summed E-state index contributed by atoms with van der Waals surface area (Å²) >= 11 is 0. The molecule has 9 heteroatoms. The number of carboxylic acid groups (broad SMARTS) is 1. The number of ether oxygens (including phenoxy) is 4. The van der Waals surface area contributed by atoms with Gasteiger partial charge in [0.25, 0.3) is 6.29 Å². The molecule has 0 aromatic heterocycles. The highest BCUT2D eigenvalue weighted by Crippen LogP contribution is 2.19. The van der Waals surface area contributed by atoms with Gasteiger partial charge in [-0.05, 0) is 38.5 Å². The molecule has 460 valence electrons. The van der Waals surface area contributed by atoms with Crippen LogP contribution in [0.5, 0.6) is 0 Å². The molecular weight excluding hydrogens is 971 g/mol. The van der Waals surface area contributed by atoms with E-state index in [2.05, 4.69) is 38.2 Å². The van der Waals surface area contributed by atoms with Gasteiger partial charge in [0, 0.05) is 12.8 Å². The van der Waals surface area contributed by atoms with E-state index in [9.17, 15) is 19.5 Å². The Morgan fingerprint density at radius 1 is 0.385 bits per heavy atom. The maximum atomic E-state index is 12.8.